The number of likely N-dealkylation sites (N-methyl/N-ethyl adjacent to an activating group) is 1. The van der Waals surface area contributed by atoms with E-state index in [0.29, 0.717) is 23.1 Å². The Morgan fingerprint density at radius 2 is 1.93 bits per heavy atom. The SMILES string of the molecule is Cc1cccc(-c2n[nH]c(=S)n2CC(=O)N(C)Cc2ccc(C(C)C)cc2)c1. The quantitative estimate of drug-likeness (QED) is 0.617. The first-order valence-electron chi connectivity index (χ1n) is 9.40. The topological polar surface area (TPSA) is 53.9 Å². The summed E-state index contributed by atoms with van der Waals surface area (Å²) >= 11 is 5.35. The average molecular weight is 395 g/mol. The molecule has 0 saturated carbocycles. The molecular formula is C22H26N4OS. The van der Waals surface area contributed by atoms with Gasteiger partial charge in [0.05, 0.1) is 0 Å². The lowest BCUT2D eigenvalue weighted by atomic mass is 10.0. The fourth-order valence-corrected chi connectivity index (χ4v) is 3.29. The predicted molar refractivity (Wildman–Crippen MR) is 115 cm³/mol. The monoisotopic (exact) mass is 394 g/mol. The molecule has 146 valence electrons. The highest BCUT2D eigenvalue weighted by atomic mass is 32.1. The molecule has 0 spiro atoms. The van der Waals surface area contributed by atoms with Crippen molar-refractivity contribution in [3.8, 4) is 11.4 Å². The maximum Gasteiger partial charge on any atom is 0.242 e. The Labute approximate surface area is 171 Å². The lowest BCUT2D eigenvalue weighted by molar-refractivity contribution is -0.131. The maximum absolute atomic E-state index is 12.8. The fourth-order valence-electron chi connectivity index (χ4n) is 3.09. The number of aryl methyl sites for hydroxylation is 1. The van der Waals surface area contributed by atoms with Gasteiger partial charge in [-0.2, -0.15) is 5.10 Å². The van der Waals surface area contributed by atoms with E-state index in [0.717, 1.165) is 16.7 Å². The van der Waals surface area contributed by atoms with Gasteiger partial charge in [-0.05, 0) is 42.3 Å². The highest BCUT2D eigenvalue weighted by Gasteiger charge is 2.16. The number of hydrogen-bond acceptors (Lipinski definition) is 3. The molecule has 1 N–H and O–H groups in total. The van der Waals surface area contributed by atoms with Crippen molar-refractivity contribution in [1.82, 2.24) is 19.7 Å². The van der Waals surface area contributed by atoms with Gasteiger partial charge in [-0.1, -0.05) is 61.9 Å². The summed E-state index contributed by atoms with van der Waals surface area (Å²) in [6.07, 6.45) is 0. The summed E-state index contributed by atoms with van der Waals surface area (Å²) in [6, 6.07) is 16.4. The number of H-pyrrole nitrogens is 1. The van der Waals surface area contributed by atoms with E-state index >= 15 is 0 Å². The Morgan fingerprint density at radius 1 is 1.21 bits per heavy atom. The lowest BCUT2D eigenvalue weighted by Gasteiger charge is -2.18. The van der Waals surface area contributed by atoms with Crippen LogP contribution in [0.15, 0.2) is 48.5 Å². The first kappa shape index (κ1) is 20.0. The molecule has 6 heteroatoms. The third-order valence-electron chi connectivity index (χ3n) is 4.82. The predicted octanol–water partition coefficient (Wildman–Crippen LogP) is 4.70. The molecule has 0 aliphatic heterocycles. The Bertz CT molecular complexity index is 1020. The zero-order valence-electron chi connectivity index (χ0n) is 16.8. The van der Waals surface area contributed by atoms with E-state index in [4.69, 9.17) is 12.2 Å². The van der Waals surface area contributed by atoms with Gasteiger partial charge in [0.25, 0.3) is 0 Å². The van der Waals surface area contributed by atoms with Gasteiger partial charge in [-0.3, -0.25) is 14.5 Å². The molecule has 0 bridgehead atoms. The van der Waals surface area contributed by atoms with Crippen LogP contribution >= 0.6 is 12.2 Å². The van der Waals surface area contributed by atoms with Crippen molar-refractivity contribution in [3.05, 3.63) is 70.0 Å². The molecule has 3 aromatic rings. The summed E-state index contributed by atoms with van der Waals surface area (Å²) in [6.45, 7) is 7.08. The van der Waals surface area contributed by atoms with E-state index in [1.807, 2.05) is 38.2 Å². The summed E-state index contributed by atoms with van der Waals surface area (Å²) in [5, 5.41) is 7.14. The molecule has 0 aliphatic rings. The summed E-state index contributed by atoms with van der Waals surface area (Å²) in [5.74, 6) is 1.16. The highest BCUT2D eigenvalue weighted by Crippen LogP contribution is 2.19. The molecule has 1 amide bonds. The molecule has 0 unspecified atom stereocenters. The van der Waals surface area contributed by atoms with E-state index < -0.39 is 0 Å². The van der Waals surface area contributed by atoms with Crippen LogP contribution in [0.25, 0.3) is 11.4 Å². The van der Waals surface area contributed by atoms with Crippen molar-refractivity contribution in [2.75, 3.05) is 7.05 Å². The maximum atomic E-state index is 12.8. The number of hydrogen-bond donors (Lipinski definition) is 1. The van der Waals surface area contributed by atoms with Crippen molar-refractivity contribution < 1.29 is 4.79 Å². The minimum Gasteiger partial charge on any atom is -0.340 e. The van der Waals surface area contributed by atoms with E-state index in [9.17, 15) is 4.79 Å². The van der Waals surface area contributed by atoms with Crippen LogP contribution < -0.4 is 0 Å². The first-order valence-corrected chi connectivity index (χ1v) is 9.81. The molecule has 0 saturated heterocycles. The minimum atomic E-state index is -0.0145. The van der Waals surface area contributed by atoms with Crippen LogP contribution in [-0.4, -0.2) is 32.6 Å². The van der Waals surface area contributed by atoms with Gasteiger partial charge in [0.2, 0.25) is 5.91 Å². The van der Waals surface area contributed by atoms with Crippen molar-refractivity contribution in [1.29, 1.82) is 0 Å². The van der Waals surface area contributed by atoms with Gasteiger partial charge in [0.15, 0.2) is 10.6 Å². The molecule has 1 heterocycles. The Morgan fingerprint density at radius 3 is 2.57 bits per heavy atom. The molecule has 0 radical (unpaired) electrons. The van der Waals surface area contributed by atoms with E-state index in [2.05, 4.69) is 48.3 Å². The van der Waals surface area contributed by atoms with Crippen LogP contribution in [0, 0.1) is 11.7 Å². The number of rotatable bonds is 6. The zero-order valence-corrected chi connectivity index (χ0v) is 17.6. The third kappa shape index (κ3) is 4.57. The number of amides is 1. The van der Waals surface area contributed by atoms with Crippen molar-refractivity contribution in [3.63, 3.8) is 0 Å². The highest BCUT2D eigenvalue weighted by molar-refractivity contribution is 7.71. The molecule has 1 aromatic heterocycles. The third-order valence-corrected chi connectivity index (χ3v) is 5.13. The molecule has 0 aliphatic carbocycles. The van der Waals surface area contributed by atoms with E-state index in [-0.39, 0.29) is 12.5 Å². The Balaban J connectivity index is 1.74. The normalized spacial score (nSPS) is 11.0. The largest absolute Gasteiger partial charge is 0.340 e. The van der Waals surface area contributed by atoms with Crippen LogP contribution in [0.2, 0.25) is 0 Å². The summed E-state index contributed by atoms with van der Waals surface area (Å²) in [4.78, 5) is 14.5. The lowest BCUT2D eigenvalue weighted by Crippen LogP contribution is -2.30. The smallest absolute Gasteiger partial charge is 0.242 e. The number of benzene rings is 2. The van der Waals surface area contributed by atoms with Crippen LogP contribution in [0.3, 0.4) is 0 Å². The molecule has 0 fully saturated rings. The molecule has 2 aromatic carbocycles. The van der Waals surface area contributed by atoms with Crippen molar-refractivity contribution in [2.24, 2.45) is 0 Å². The minimum absolute atomic E-state index is 0.0145. The van der Waals surface area contributed by atoms with Crippen LogP contribution in [0.1, 0.15) is 36.5 Å². The van der Waals surface area contributed by atoms with Gasteiger partial charge >= 0.3 is 0 Å². The average Bonchev–Trinajstić information content (AvgIpc) is 3.02. The molecular weight excluding hydrogens is 368 g/mol. The van der Waals surface area contributed by atoms with Gasteiger partial charge in [0, 0.05) is 19.2 Å². The fraction of sp³-hybridized carbons (Fsp3) is 0.318. The number of nitrogens with zero attached hydrogens (tertiary/aromatic N) is 3. The summed E-state index contributed by atoms with van der Waals surface area (Å²) in [5.41, 5.74) is 4.47. The molecule has 0 atom stereocenters. The second-order valence-electron chi connectivity index (χ2n) is 7.45. The van der Waals surface area contributed by atoms with E-state index in [1.165, 1.54) is 5.56 Å². The van der Waals surface area contributed by atoms with Crippen LogP contribution in [0.5, 0.6) is 0 Å². The number of carbonyl (C=O) groups excluding carboxylic acids is 1. The number of aromatic nitrogens is 3. The van der Waals surface area contributed by atoms with Crippen molar-refractivity contribution in [2.45, 2.75) is 39.8 Å². The Hall–Kier alpha value is -2.73. The van der Waals surface area contributed by atoms with Gasteiger partial charge in [-0.25, -0.2) is 0 Å². The van der Waals surface area contributed by atoms with Gasteiger partial charge in [-0.15, -0.1) is 0 Å². The van der Waals surface area contributed by atoms with Crippen molar-refractivity contribution >= 4 is 18.1 Å². The van der Waals surface area contributed by atoms with Gasteiger partial charge in [0.1, 0.15) is 6.54 Å². The second-order valence-corrected chi connectivity index (χ2v) is 7.84. The standard InChI is InChI=1S/C22H26N4OS/c1-15(2)18-10-8-17(9-11-18)13-25(4)20(27)14-26-21(23-24-22(26)28)19-7-5-6-16(3)12-19/h5-12,15H,13-14H2,1-4H3,(H,24,28). The summed E-state index contributed by atoms with van der Waals surface area (Å²) < 4.78 is 2.20. The number of nitrogens with one attached hydrogen (secondary N) is 1. The molecule has 5 nitrogen and oxygen atoms in total. The molecule has 28 heavy (non-hydrogen) atoms. The van der Waals surface area contributed by atoms with Crippen LogP contribution in [0.4, 0.5) is 0 Å². The van der Waals surface area contributed by atoms with Crippen LogP contribution in [-0.2, 0) is 17.9 Å². The van der Waals surface area contributed by atoms with Gasteiger partial charge < -0.3 is 4.90 Å². The first-order chi connectivity index (χ1) is 13.3. The second kappa shape index (κ2) is 8.52. The molecule has 3 rings (SSSR count). The number of aromatic amines is 1. The zero-order chi connectivity index (χ0) is 20.3. The number of carbonyl (C=O) groups is 1. The Kier molecular flexibility index (Phi) is 6.09. The summed E-state index contributed by atoms with van der Waals surface area (Å²) in [7, 11) is 1.81. The van der Waals surface area contributed by atoms with E-state index in [1.54, 1.807) is 9.47 Å².